The number of piperidine rings is 2. The van der Waals surface area contributed by atoms with Crippen LogP contribution in [-0.2, 0) is 19.8 Å². The van der Waals surface area contributed by atoms with Gasteiger partial charge in [0.15, 0.2) is 5.82 Å². The molecule has 0 spiro atoms. The van der Waals surface area contributed by atoms with Gasteiger partial charge in [-0.3, -0.25) is 29.5 Å². The quantitative estimate of drug-likeness (QED) is 0.144. The summed E-state index contributed by atoms with van der Waals surface area (Å²) in [5.41, 5.74) is 4.22. The number of pyridine rings is 2. The van der Waals surface area contributed by atoms with Crippen LogP contribution in [0.4, 0.5) is 21.6 Å². The predicted octanol–water partition coefficient (Wildman–Crippen LogP) is 5.96. The van der Waals surface area contributed by atoms with Crippen molar-refractivity contribution in [2.75, 3.05) is 73.9 Å². The summed E-state index contributed by atoms with van der Waals surface area (Å²) in [6.07, 6.45) is 9.85. The van der Waals surface area contributed by atoms with Crippen molar-refractivity contribution in [2.45, 2.75) is 38.5 Å². The summed E-state index contributed by atoms with van der Waals surface area (Å²) in [5, 5.41) is 7.48. The Bertz CT molecular complexity index is 2440. The van der Waals surface area contributed by atoms with Crippen LogP contribution in [0.5, 0.6) is 0 Å². The maximum atomic E-state index is 16.2. The zero-order chi connectivity index (χ0) is 42.0. The zero-order valence-corrected chi connectivity index (χ0v) is 35.2. The van der Waals surface area contributed by atoms with Crippen molar-refractivity contribution in [3.05, 3.63) is 102 Å². The van der Waals surface area contributed by atoms with Crippen molar-refractivity contribution in [2.24, 2.45) is 5.92 Å². The second-order valence-electron chi connectivity index (χ2n) is 15.6. The molecule has 14 nitrogen and oxygen atoms in total. The molecule has 3 fully saturated rings. The molecule has 2 N–H and O–H groups in total. The van der Waals surface area contributed by atoms with Gasteiger partial charge in [0, 0.05) is 118 Å². The number of anilines is 3. The maximum Gasteiger partial charge on any atom is 0.301 e. The Morgan fingerprint density at radius 2 is 1.62 bits per heavy atom. The fraction of sp³-hybridized carbons (Fsp3) is 0.372. The summed E-state index contributed by atoms with van der Waals surface area (Å²) >= 11 is 6.46. The number of carbonyl (C=O) groups is 2. The van der Waals surface area contributed by atoms with Crippen molar-refractivity contribution in [3.8, 4) is 28.1 Å². The fourth-order valence-corrected chi connectivity index (χ4v) is 9.33. The molecule has 3 aliphatic heterocycles. The van der Waals surface area contributed by atoms with Gasteiger partial charge in [-0.1, -0.05) is 24.6 Å². The summed E-state index contributed by atoms with van der Waals surface area (Å²) in [5.74, 6) is 0.00210. The molecule has 314 valence electrons. The molecule has 3 aliphatic rings. The SMILES string of the molecule is CCN(C)S(=O)(=O)Nc1cc(Cl)cc(-c2cn(-c3ccc(N4CCN(CC5CCN(c6ccc([C@H]7CCC(=O)NC7=O)cn6)CC5)CC4)cc3)nc2-c2ccncc2)c1F. The van der Waals surface area contributed by atoms with Gasteiger partial charge in [0.05, 0.1) is 17.3 Å². The lowest BCUT2D eigenvalue weighted by molar-refractivity contribution is -0.134. The molecule has 3 aromatic heterocycles. The maximum absolute atomic E-state index is 16.2. The molecule has 2 aromatic carbocycles. The second-order valence-corrected chi connectivity index (χ2v) is 17.8. The van der Waals surface area contributed by atoms with Crippen molar-refractivity contribution in [1.29, 1.82) is 0 Å². The Kier molecular flexibility index (Phi) is 12.2. The van der Waals surface area contributed by atoms with Gasteiger partial charge < -0.3 is 9.80 Å². The first-order valence-corrected chi connectivity index (χ1v) is 22.1. The molecular formula is C43H48ClFN10O4S. The number of hydrogen-bond acceptors (Lipinski definition) is 10. The van der Waals surface area contributed by atoms with Crippen LogP contribution in [0.3, 0.4) is 0 Å². The Morgan fingerprint density at radius 1 is 0.900 bits per heavy atom. The smallest absolute Gasteiger partial charge is 0.301 e. The number of halogens is 2. The van der Waals surface area contributed by atoms with Gasteiger partial charge in [-0.05, 0) is 85.3 Å². The number of carbonyl (C=O) groups excluding carboxylic acids is 2. The summed E-state index contributed by atoms with van der Waals surface area (Å²) in [6.45, 7) is 8.61. The summed E-state index contributed by atoms with van der Waals surface area (Å²) in [6, 6.07) is 18.4. The van der Waals surface area contributed by atoms with Crippen LogP contribution in [-0.4, -0.2) is 109 Å². The predicted molar refractivity (Wildman–Crippen MR) is 231 cm³/mol. The van der Waals surface area contributed by atoms with Crippen LogP contribution in [0.25, 0.3) is 28.1 Å². The number of imide groups is 1. The van der Waals surface area contributed by atoms with E-state index in [2.05, 4.69) is 46.8 Å². The van der Waals surface area contributed by atoms with Gasteiger partial charge >= 0.3 is 10.2 Å². The monoisotopic (exact) mass is 854 g/mol. The summed E-state index contributed by atoms with van der Waals surface area (Å²) in [7, 11) is -2.60. The van der Waals surface area contributed by atoms with Gasteiger partial charge in [-0.25, -0.2) is 14.1 Å². The lowest BCUT2D eigenvalue weighted by Crippen LogP contribution is -2.49. The van der Waals surface area contributed by atoms with Gasteiger partial charge in [-0.2, -0.15) is 17.8 Å². The highest BCUT2D eigenvalue weighted by Crippen LogP contribution is 2.38. The lowest BCUT2D eigenvalue weighted by Gasteiger charge is -2.40. The third-order valence-corrected chi connectivity index (χ3v) is 13.6. The van der Waals surface area contributed by atoms with Crippen molar-refractivity contribution < 1.29 is 22.4 Å². The Hall–Kier alpha value is -5.42. The number of amides is 2. The molecule has 60 heavy (non-hydrogen) atoms. The van der Waals surface area contributed by atoms with E-state index in [1.807, 2.05) is 24.3 Å². The minimum atomic E-state index is -4.01. The van der Waals surface area contributed by atoms with Crippen LogP contribution in [0.2, 0.25) is 5.02 Å². The standard InChI is InChI=1S/C43H48ClFN10O4S/c1-3-51(2)60(58,59)50-38-25-32(44)24-36(41(38)45)37-28-55(49-42(37)30-12-16-46-17-13-30)34-7-5-33(6-8-34)53-22-20-52(21-23-53)27-29-14-18-54(19-15-29)39-10-4-31(26-47-39)35-9-11-40(56)48-43(35)57/h4-8,10,12-13,16-17,24-26,28-29,35,50H,3,9,11,14-15,18-23,27H2,1-2H3,(H,48,56,57)/t35-/m1/s1. The van der Waals surface area contributed by atoms with Crippen LogP contribution in [0, 0.1) is 11.7 Å². The van der Waals surface area contributed by atoms with Crippen LogP contribution in [0.15, 0.2) is 85.5 Å². The van der Waals surface area contributed by atoms with E-state index in [0.717, 1.165) is 85.7 Å². The molecule has 1 atom stereocenters. The summed E-state index contributed by atoms with van der Waals surface area (Å²) < 4.78 is 47.0. The van der Waals surface area contributed by atoms with E-state index in [-0.39, 0.29) is 40.6 Å². The average Bonchev–Trinajstić information content (AvgIpc) is 3.71. The minimum Gasteiger partial charge on any atom is -0.369 e. The number of nitrogens with one attached hydrogen (secondary N) is 2. The van der Waals surface area contributed by atoms with E-state index in [0.29, 0.717) is 35.6 Å². The third kappa shape index (κ3) is 9.01. The van der Waals surface area contributed by atoms with Crippen LogP contribution in [0.1, 0.15) is 44.1 Å². The molecule has 5 aromatic rings. The van der Waals surface area contributed by atoms with E-state index in [1.54, 1.807) is 48.5 Å². The number of piperazine rings is 1. The Morgan fingerprint density at radius 3 is 2.28 bits per heavy atom. The number of rotatable bonds is 12. The first-order valence-electron chi connectivity index (χ1n) is 20.3. The second kappa shape index (κ2) is 17.7. The molecular weight excluding hydrogens is 807 g/mol. The van der Waals surface area contributed by atoms with E-state index < -0.39 is 16.0 Å². The Balaban J connectivity index is 0.889. The van der Waals surface area contributed by atoms with E-state index >= 15 is 4.39 Å². The third-order valence-electron chi connectivity index (χ3n) is 11.8. The highest BCUT2D eigenvalue weighted by atomic mass is 35.5. The van der Waals surface area contributed by atoms with Crippen molar-refractivity contribution in [3.63, 3.8) is 0 Å². The number of benzene rings is 2. The highest BCUT2D eigenvalue weighted by molar-refractivity contribution is 7.90. The van der Waals surface area contributed by atoms with Crippen molar-refractivity contribution in [1.82, 2.24) is 34.3 Å². The van der Waals surface area contributed by atoms with Crippen LogP contribution < -0.4 is 19.8 Å². The van der Waals surface area contributed by atoms with Gasteiger partial charge in [0.1, 0.15) is 11.5 Å². The number of nitrogens with zero attached hydrogens (tertiary/aromatic N) is 8. The Labute approximate surface area is 354 Å². The van der Waals surface area contributed by atoms with Gasteiger partial charge in [-0.15, -0.1) is 0 Å². The molecule has 0 radical (unpaired) electrons. The van der Waals surface area contributed by atoms with E-state index in [1.165, 1.54) is 19.2 Å². The van der Waals surface area contributed by atoms with Crippen molar-refractivity contribution >= 4 is 50.8 Å². The number of hydrogen-bond donors (Lipinski definition) is 2. The molecule has 0 unspecified atom stereocenters. The molecule has 0 aliphatic carbocycles. The van der Waals surface area contributed by atoms with Crippen LogP contribution >= 0.6 is 11.6 Å². The number of aromatic nitrogens is 4. The molecule has 0 saturated carbocycles. The lowest BCUT2D eigenvalue weighted by atomic mass is 9.91. The molecule has 2 amide bonds. The molecule has 3 saturated heterocycles. The molecule has 17 heteroatoms. The summed E-state index contributed by atoms with van der Waals surface area (Å²) in [4.78, 5) is 39.9. The highest BCUT2D eigenvalue weighted by Gasteiger charge is 2.30. The molecule has 6 heterocycles. The first kappa shape index (κ1) is 41.3. The van der Waals surface area contributed by atoms with Gasteiger partial charge in [0.25, 0.3) is 0 Å². The normalized spacial score (nSPS) is 18.2. The first-order chi connectivity index (χ1) is 28.9. The molecule has 8 rings (SSSR count). The average molecular weight is 855 g/mol. The topological polar surface area (TPSA) is 149 Å². The zero-order valence-electron chi connectivity index (χ0n) is 33.6. The fourth-order valence-electron chi connectivity index (χ4n) is 8.19. The minimum absolute atomic E-state index is 0.104. The molecule has 0 bridgehead atoms. The van der Waals surface area contributed by atoms with E-state index in [9.17, 15) is 18.0 Å². The largest absolute Gasteiger partial charge is 0.369 e. The van der Waals surface area contributed by atoms with E-state index in [4.69, 9.17) is 16.7 Å². The van der Waals surface area contributed by atoms with Gasteiger partial charge in [0.2, 0.25) is 11.8 Å².